The number of urea groups is 1. The zero-order valence-corrected chi connectivity index (χ0v) is 14.3. The molecule has 0 bridgehead atoms. The van der Waals surface area contributed by atoms with Gasteiger partial charge >= 0.3 is 6.03 Å². The van der Waals surface area contributed by atoms with Crippen molar-refractivity contribution in [1.29, 1.82) is 0 Å². The molecule has 3 rings (SSSR count). The van der Waals surface area contributed by atoms with Crippen LogP contribution in [0.4, 0.5) is 4.79 Å². The van der Waals surface area contributed by atoms with Crippen LogP contribution in [0.25, 0.3) is 0 Å². The Morgan fingerprint density at radius 1 is 1.48 bits per heavy atom. The number of imidazole rings is 1. The molecule has 128 valence electrons. The summed E-state index contributed by atoms with van der Waals surface area (Å²) >= 11 is 0. The van der Waals surface area contributed by atoms with Crippen molar-refractivity contribution in [2.45, 2.75) is 31.4 Å². The van der Waals surface area contributed by atoms with E-state index in [0.717, 1.165) is 38.4 Å². The average Bonchev–Trinajstić information content (AvgIpc) is 3.15. The molecule has 0 saturated carbocycles. The number of rotatable bonds is 3. The van der Waals surface area contributed by atoms with E-state index in [9.17, 15) is 4.79 Å². The number of hydrogen-bond donors (Lipinski definition) is 1. The second-order valence-corrected chi connectivity index (χ2v) is 6.90. The molecule has 0 unspecified atom stereocenters. The Bertz CT molecular complexity index is 552. The van der Waals surface area contributed by atoms with Crippen molar-refractivity contribution >= 4 is 6.03 Å². The first-order chi connectivity index (χ1) is 11.0. The number of aryl methyl sites for hydroxylation is 1. The normalized spacial score (nSPS) is 29.0. The summed E-state index contributed by atoms with van der Waals surface area (Å²) in [4.78, 5) is 21.1. The minimum Gasteiger partial charge on any atom is -0.373 e. The third-order valence-corrected chi connectivity index (χ3v) is 5.01. The standard InChI is InChI=1S/C16H27N5O2/c1-16(5-4-10-23-16)12-18-15(22)21-9-8-19(2)13(11-21)14-17-6-7-20(14)3/h6-7,13H,4-5,8-12H2,1-3H3,(H,18,22)/t13-,16+/m1/s1. The lowest BCUT2D eigenvalue weighted by Gasteiger charge is -2.39. The molecule has 2 atom stereocenters. The molecule has 7 heteroatoms. The number of amides is 2. The molecule has 7 nitrogen and oxygen atoms in total. The zero-order valence-electron chi connectivity index (χ0n) is 14.3. The molecule has 2 aliphatic rings. The number of carbonyl (C=O) groups is 1. The number of nitrogens with one attached hydrogen (secondary N) is 1. The highest BCUT2D eigenvalue weighted by atomic mass is 16.5. The van der Waals surface area contributed by atoms with Gasteiger partial charge in [0.25, 0.3) is 0 Å². The van der Waals surface area contributed by atoms with Crippen LogP contribution in [-0.4, -0.2) is 70.8 Å². The molecule has 0 aliphatic carbocycles. The van der Waals surface area contributed by atoms with Gasteiger partial charge in [0.1, 0.15) is 5.82 Å². The van der Waals surface area contributed by atoms with Gasteiger partial charge < -0.3 is 19.5 Å². The summed E-state index contributed by atoms with van der Waals surface area (Å²) in [7, 11) is 4.08. The lowest BCUT2D eigenvalue weighted by molar-refractivity contribution is 0.0208. The SMILES string of the molecule is CN1CCN(C(=O)NC[C@]2(C)CCCO2)C[C@@H]1c1nccn1C. The fraction of sp³-hybridized carbons (Fsp3) is 0.750. The van der Waals surface area contributed by atoms with E-state index in [-0.39, 0.29) is 17.7 Å². The van der Waals surface area contributed by atoms with E-state index in [1.54, 1.807) is 6.20 Å². The minimum atomic E-state index is -0.207. The Kier molecular flexibility index (Phi) is 4.59. The summed E-state index contributed by atoms with van der Waals surface area (Å²) in [5.41, 5.74) is -0.207. The summed E-state index contributed by atoms with van der Waals surface area (Å²) in [5.74, 6) is 0.996. The van der Waals surface area contributed by atoms with Crippen molar-refractivity contribution in [3.63, 3.8) is 0 Å². The quantitative estimate of drug-likeness (QED) is 0.902. The number of piperazine rings is 1. The molecule has 1 aromatic heterocycles. The van der Waals surface area contributed by atoms with Crippen LogP contribution in [-0.2, 0) is 11.8 Å². The molecular weight excluding hydrogens is 294 g/mol. The summed E-state index contributed by atoms with van der Waals surface area (Å²) in [6.07, 6.45) is 5.83. The van der Waals surface area contributed by atoms with Crippen LogP contribution < -0.4 is 5.32 Å². The van der Waals surface area contributed by atoms with Crippen LogP contribution in [0, 0.1) is 0 Å². The average molecular weight is 321 g/mol. The largest absolute Gasteiger partial charge is 0.373 e. The maximum atomic E-state index is 12.5. The number of likely N-dealkylation sites (N-methyl/N-ethyl adjacent to an activating group) is 1. The molecule has 2 fully saturated rings. The van der Waals surface area contributed by atoms with Gasteiger partial charge in [0.2, 0.25) is 0 Å². The maximum absolute atomic E-state index is 12.5. The molecule has 0 radical (unpaired) electrons. The smallest absolute Gasteiger partial charge is 0.317 e. The highest BCUT2D eigenvalue weighted by Crippen LogP contribution is 2.25. The molecule has 1 N–H and O–H groups in total. The molecule has 0 aromatic carbocycles. The van der Waals surface area contributed by atoms with Crippen LogP contribution in [0.2, 0.25) is 0 Å². The van der Waals surface area contributed by atoms with Gasteiger partial charge in [-0.25, -0.2) is 9.78 Å². The number of nitrogens with zero attached hydrogens (tertiary/aromatic N) is 4. The Morgan fingerprint density at radius 3 is 2.96 bits per heavy atom. The summed E-state index contributed by atoms with van der Waals surface area (Å²) in [6, 6.07) is 0.127. The topological polar surface area (TPSA) is 62.6 Å². The Balaban J connectivity index is 1.59. The predicted octanol–water partition coefficient (Wildman–Crippen LogP) is 0.987. The van der Waals surface area contributed by atoms with E-state index in [1.807, 2.05) is 22.7 Å². The van der Waals surface area contributed by atoms with Crippen LogP contribution in [0.1, 0.15) is 31.6 Å². The van der Waals surface area contributed by atoms with Gasteiger partial charge in [-0.05, 0) is 26.8 Å². The Morgan fingerprint density at radius 2 is 2.30 bits per heavy atom. The molecule has 23 heavy (non-hydrogen) atoms. The van der Waals surface area contributed by atoms with Crippen molar-refractivity contribution in [3.05, 3.63) is 18.2 Å². The lowest BCUT2D eigenvalue weighted by atomic mass is 10.0. The molecular formula is C16H27N5O2. The molecule has 1 aromatic rings. The van der Waals surface area contributed by atoms with Crippen LogP contribution in [0.3, 0.4) is 0 Å². The van der Waals surface area contributed by atoms with Crippen molar-refractivity contribution in [3.8, 4) is 0 Å². The van der Waals surface area contributed by atoms with Crippen molar-refractivity contribution in [2.24, 2.45) is 7.05 Å². The molecule has 2 saturated heterocycles. The first-order valence-corrected chi connectivity index (χ1v) is 8.33. The molecule has 3 heterocycles. The highest BCUT2D eigenvalue weighted by molar-refractivity contribution is 5.74. The van der Waals surface area contributed by atoms with E-state index >= 15 is 0 Å². The van der Waals surface area contributed by atoms with E-state index in [4.69, 9.17) is 4.74 Å². The molecule has 2 aliphatic heterocycles. The number of hydrogen-bond acceptors (Lipinski definition) is 4. The van der Waals surface area contributed by atoms with Crippen LogP contribution >= 0.6 is 0 Å². The fourth-order valence-corrected chi connectivity index (χ4v) is 3.39. The minimum absolute atomic E-state index is 0.00552. The van der Waals surface area contributed by atoms with E-state index in [1.165, 1.54) is 0 Å². The Hall–Kier alpha value is -1.60. The summed E-state index contributed by atoms with van der Waals surface area (Å²) in [6.45, 7) is 5.68. The van der Waals surface area contributed by atoms with E-state index < -0.39 is 0 Å². The van der Waals surface area contributed by atoms with Crippen LogP contribution in [0.5, 0.6) is 0 Å². The first kappa shape index (κ1) is 16.3. The molecule has 2 amide bonds. The van der Waals surface area contributed by atoms with Gasteiger partial charge in [0, 0.05) is 52.2 Å². The first-order valence-electron chi connectivity index (χ1n) is 8.33. The lowest BCUT2D eigenvalue weighted by Crippen LogP contribution is -2.54. The summed E-state index contributed by atoms with van der Waals surface area (Å²) < 4.78 is 7.76. The zero-order chi connectivity index (χ0) is 16.4. The van der Waals surface area contributed by atoms with Crippen LogP contribution in [0.15, 0.2) is 12.4 Å². The van der Waals surface area contributed by atoms with Gasteiger partial charge in [0.05, 0.1) is 11.6 Å². The van der Waals surface area contributed by atoms with Gasteiger partial charge in [-0.2, -0.15) is 0 Å². The van der Waals surface area contributed by atoms with E-state index in [2.05, 4.69) is 29.2 Å². The number of aromatic nitrogens is 2. The van der Waals surface area contributed by atoms with Crippen molar-refractivity contribution in [1.82, 2.24) is 24.7 Å². The van der Waals surface area contributed by atoms with Gasteiger partial charge in [0.15, 0.2) is 0 Å². The van der Waals surface area contributed by atoms with Gasteiger partial charge in [-0.3, -0.25) is 4.90 Å². The third kappa shape index (κ3) is 3.50. The van der Waals surface area contributed by atoms with Gasteiger partial charge in [-0.1, -0.05) is 0 Å². The number of carbonyl (C=O) groups excluding carboxylic acids is 1. The highest BCUT2D eigenvalue weighted by Gasteiger charge is 2.33. The van der Waals surface area contributed by atoms with Crippen molar-refractivity contribution in [2.75, 3.05) is 39.8 Å². The second-order valence-electron chi connectivity index (χ2n) is 6.90. The maximum Gasteiger partial charge on any atom is 0.317 e. The second kappa shape index (κ2) is 6.49. The van der Waals surface area contributed by atoms with Gasteiger partial charge in [-0.15, -0.1) is 0 Å². The number of ether oxygens (including phenoxy) is 1. The summed E-state index contributed by atoms with van der Waals surface area (Å²) in [5, 5.41) is 3.05. The van der Waals surface area contributed by atoms with Crippen molar-refractivity contribution < 1.29 is 9.53 Å². The monoisotopic (exact) mass is 321 g/mol. The van der Waals surface area contributed by atoms with E-state index in [0.29, 0.717) is 13.1 Å². The fourth-order valence-electron chi connectivity index (χ4n) is 3.39. The predicted molar refractivity (Wildman–Crippen MR) is 87.1 cm³/mol. The third-order valence-electron chi connectivity index (χ3n) is 5.01. The Labute approximate surface area is 137 Å². The molecule has 0 spiro atoms.